The Hall–Kier alpha value is -3.33. The fraction of sp³-hybridized carbons (Fsp3) is 0.393. The van der Waals surface area contributed by atoms with Crippen LogP contribution in [0.1, 0.15) is 49.3 Å². The van der Waals surface area contributed by atoms with Gasteiger partial charge in [0.15, 0.2) is 0 Å². The van der Waals surface area contributed by atoms with Crippen LogP contribution in [-0.4, -0.2) is 57.0 Å². The van der Waals surface area contributed by atoms with Gasteiger partial charge in [0.1, 0.15) is 12.2 Å². The lowest BCUT2D eigenvalue weighted by Gasteiger charge is -2.38. The first-order chi connectivity index (χ1) is 17.7. The van der Waals surface area contributed by atoms with Crippen LogP contribution in [0.2, 0.25) is 0 Å². The van der Waals surface area contributed by atoms with Crippen LogP contribution in [0.4, 0.5) is 9.59 Å². The number of nitrogens with zero attached hydrogens (tertiary/aromatic N) is 4. The van der Waals surface area contributed by atoms with Crippen molar-refractivity contribution in [3.8, 4) is 5.69 Å². The van der Waals surface area contributed by atoms with Gasteiger partial charge in [-0.2, -0.15) is 5.10 Å². The molecule has 2 aromatic carbocycles. The Labute approximate surface area is 225 Å². The fourth-order valence-corrected chi connectivity index (χ4v) is 5.17. The molecule has 2 aliphatic heterocycles. The highest BCUT2D eigenvalue weighted by Gasteiger charge is 2.41. The smallest absolute Gasteiger partial charge is 0.410 e. The van der Waals surface area contributed by atoms with Gasteiger partial charge in [-0.15, -0.1) is 0 Å². The zero-order chi connectivity index (χ0) is 26.2. The van der Waals surface area contributed by atoms with E-state index in [1.807, 2.05) is 80.1 Å². The van der Waals surface area contributed by atoms with Gasteiger partial charge in [0.25, 0.3) is 0 Å². The predicted molar refractivity (Wildman–Crippen MR) is 143 cm³/mol. The molecule has 0 bridgehead atoms. The number of carbonyl (C=O) groups is 2. The number of rotatable bonds is 3. The third-order valence-electron chi connectivity index (χ3n) is 6.57. The zero-order valence-electron chi connectivity index (χ0n) is 21.3. The highest BCUT2D eigenvalue weighted by Crippen LogP contribution is 2.37. The summed E-state index contributed by atoms with van der Waals surface area (Å²) < 4.78 is 14.4. The summed E-state index contributed by atoms with van der Waals surface area (Å²) in [5.41, 5.74) is 4.25. The first-order valence-electron chi connectivity index (χ1n) is 12.5. The Morgan fingerprint density at radius 1 is 1.00 bits per heavy atom. The van der Waals surface area contributed by atoms with E-state index in [0.29, 0.717) is 32.5 Å². The van der Waals surface area contributed by atoms with E-state index >= 15 is 0 Å². The van der Waals surface area contributed by atoms with Crippen LogP contribution in [0.5, 0.6) is 0 Å². The van der Waals surface area contributed by atoms with E-state index < -0.39 is 11.7 Å². The van der Waals surface area contributed by atoms with Crippen LogP contribution in [0, 0.1) is 0 Å². The minimum Gasteiger partial charge on any atom is -0.445 e. The minimum absolute atomic E-state index is 0.197. The molecule has 0 aliphatic carbocycles. The summed E-state index contributed by atoms with van der Waals surface area (Å²) in [4.78, 5) is 29.8. The molecule has 194 valence electrons. The molecule has 1 atom stereocenters. The molecule has 3 aromatic rings. The number of carbonyl (C=O) groups excluding carboxylic acids is 2. The second-order valence-corrected chi connectivity index (χ2v) is 11.3. The molecule has 0 unspecified atom stereocenters. The van der Waals surface area contributed by atoms with E-state index in [4.69, 9.17) is 14.6 Å². The van der Waals surface area contributed by atoms with Crippen molar-refractivity contribution in [1.82, 2.24) is 19.6 Å². The van der Waals surface area contributed by atoms with Crippen molar-refractivity contribution in [3.05, 3.63) is 81.6 Å². The van der Waals surface area contributed by atoms with E-state index in [-0.39, 0.29) is 18.7 Å². The van der Waals surface area contributed by atoms with Crippen LogP contribution in [0.15, 0.2) is 59.1 Å². The average Bonchev–Trinajstić information content (AvgIpc) is 3.12. The van der Waals surface area contributed by atoms with E-state index in [0.717, 1.165) is 32.7 Å². The molecule has 9 heteroatoms. The Balaban J connectivity index is 1.45. The number of benzene rings is 2. The lowest BCUT2D eigenvalue weighted by Crippen LogP contribution is -2.47. The topological polar surface area (TPSA) is 76.9 Å². The van der Waals surface area contributed by atoms with Gasteiger partial charge in [-0.05, 0) is 50.6 Å². The van der Waals surface area contributed by atoms with E-state index in [9.17, 15) is 9.59 Å². The number of aromatic nitrogens is 2. The Morgan fingerprint density at radius 3 is 2.43 bits per heavy atom. The van der Waals surface area contributed by atoms with Crippen LogP contribution in [-0.2, 0) is 28.9 Å². The summed E-state index contributed by atoms with van der Waals surface area (Å²) in [7, 11) is 0. The largest absolute Gasteiger partial charge is 0.445 e. The van der Waals surface area contributed by atoms with Gasteiger partial charge < -0.3 is 14.4 Å². The summed E-state index contributed by atoms with van der Waals surface area (Å²) >= 11 is 3.50. The third-order valence-corrected chi connectivity index (χ3v) is 7.10. The molecule has 5 rings (SSSR count). The van der Waals surface area contributed by atoms with Crippen molar-refractivity contribution in [1.29, 1.82) is 0 Å². The summed E-state index contributed by atoms with van der Waals surface area (Å²) in [5.74, 6) is 0. The summed E-state index contributed by atoms with van der Waals surface area (Å²) in [6.45, 7) is 7.02. The number of hydrogen-bond donors (Lipinski definition) is 0. The molecular formula is C28H31BrN4O4. The quantitative estimate of drug-likeness (QED) is 0.408. The molecule has 0 fully saturated rings. The van der Waals surface area contributed by atoms with Crippen LogP contribution < -0.4 is 0 Å². The average molecular weight is 567 g/mol. The molecule has 2 aliphatic rings. The maximum atomic E-state index is 13.3. The number of halogens is 1. The van der Waals surface area contributed by atoms with Gasteiger partial charge in [0.05, 0.1) is 23.1 Å². The predicted octanol–water partition coefficient (Wildman–Crippen LogP) is 5.66. The lowest BCUT2D eigenvalue weighted by atomic mass is 9.96. The van der Waals surface area contributed by atoms with Gasteiger partial charge in [0, 0.05) is 42.5 Å². The molecule has 0 radical (unpaired) electrons. The molecule has 1 aromatic heterocycles. The van der Waals surface area contributed by atoms with Gasteiger partial charge >= 0.3 is 12.2 Å². The maximum absolute atomic E-state index is 13.3. The van der Waals surface area contributed by atoms with E-state index in [1.165, 1.54) is 0 Å². The first-order valence-corrected chi connectivity index (χ1v) is 13.3. The van der Waals surface area contributed by atoms with Gasteiger partial charge in [-0.3, -0.25) is 4.90 Å². The van der Waals surface area contributed by atoms with Crippen molar-refractivity contribution in [2.24, 2.45) is 0 Å². The number of hydrogen-bond acceptors (Lipinski definition) is 5. The Bertz CT molecular complexity index is 1280. The van der Waals surface area contributed by atoms with Gasteiger partial charge in [0.2, 0.25) is 0 Å². The van der Waals surface area contributed by atoms with Crippen LogP contribution in [0.25, 0.3) is 5.69 Å². The van der Waals surface area contributed by atoms with Crippen molar-refractivity contribution in [2.75, 3.05) is 19.6 Å². The van der Waals surface area contributed by atoms with Crippen molar-refractivity contribution in [2.45, 2.75) is 51.9 Å². The normalized spacial score (nSPS) is 17.1. The third kappa shape index (κ3) is 5.51. The van der Waals surface area contributed by atoms with E-state index in [2.05, 4.69) is 15.9 Å². The fourth-order valence-electron chi connectivity index (χ4n) is 4.91. The molecule has 8 nitrogen and oxygen atoms in total. The highest BCUT2D eigenvalue weighted by atomic mass is 79.9. The zero-order valence-corrected chi connectivity index (χ0v) is 22.9. The molecule has 0 N–H and O–H groups in total. The molecule has 3 heterocycles. The van der Waals surface area contributed by atoms with Crippen LogP contribution >= 0.6 is 15.9 Å². The van der Waals surface area contributed by atoms with Gasteiger partial charge in [-0.1, -0.05) is 46.3 Å². The van der Waals surface area contributed by atoms with Gasteiger partial charge in [-0.25, -0.2) is 14.3 Å². The minimum atomic E-state index is -0.624. The maximum Gasteiger partial charge on any atom is 0.410 e. The number of amides is 2. The van der Waals surface area contributed by atoms with Crippen molar-refractivity contribution < 1.29 is 19.1 Å². The molecule has 37 heavy (non-hydrogen) atoms. The highest BCUT2D eigenvalue weighted by molar-refractivity contribution is 9.10. The second-order valence-electron chi connectivity index (χ2n) is 10.4. The molecule has 0 spiro atoms. The first kappa shape index (κ1) is 25.3. The Kier molecular flexibility index (Phi) is 6.98. The number of ether oxygens (including phenoxy) is 2. The molecule has 0 saturated carbocycles. The second kappa shape index (κ2) is 10.2. The Morgan fingerprint density at radius 2 is 1.73 bits per heavy atom. The summed E-state index contributed by atoms with van der Waals surface area (Å²) in [5, 5.41) is 4.97. The molecular weight excluding hydrogens is 536 g/mol. The molecule has 2 amide bonds. The van der Waals surface area contributed by atoms with Crippen molar-refractivity contribution >= 4 is 28.1 Å². The van der Waals surface area contributed by atoms with Crippen molar-refractivity contribution in [3.63, 3.8) is 0 Å². The molecule has 0 saturated heterocycles. The lowest BCUT2D eigenvalue weighted by molar-refractivity contribution is 0.00941. The monoisotopic (exact) mass is 566 g/mol. The summed E-state index contributed by atoms with van der Waals surface area (Å²) in [6, 6.07) is 17.3. The van der Waals surface area contributed by atoms with E-state index in [1.54, 1.807) is 9.80 Å². The summed E-state index contributed by atoms with van der Waals surface area (Å²) in [6.07, 6.45) is 0.438. The van der Waals surface area contributed by atoms with Crippen LogP contribution in [0.3, 0.4) is 0 Å². The SMILES string of the molecule is CC(C)(C)OC(=O)N1CCc2c3c(nn2-c2ccc(Br)cc2)CCN(C(=O)OCc2ccccc2)C[C@@H]31. The standard InChI is InChI=1S/C28H31BrN4O4/c1-28(2,3)37-27(35)32-16-14-23-25-22(30-33(23)21-11-9-20(29)10-12-21)13-15-31(17-24(25)32)26(34)36-18-19-7-5-4-6-8-19/h4-12,24H,13-18H2,1-3H3/t24-/m0/s1.